The predicted molar refractivity (Wildman–Crippen MR) is 122 cm³/mol. The highest BCUT2D eigenvalue weighted by Crippen LogP contribution is 2.45. The van der Waals surface area contributed by atoms with E-state index >= 15 is 0 Å². The van der Waals surface area contributed by atoms with Crippen LogP contribution in [0.4, 0.5) is 10.1 Å². The number of carbonyl (C=O) groups is 1. The quantitative estimate of drug-likeness (QED) is 0.650. The number of carboxylic acid groups (broad SMARTS) is 1. The molecule has 1 saturated heterocycles. The number of ether oxygens (including phenoxy) is 1. The van der Waals surface area contributed by atoms with Crippen LogP contribution in [0.5, 0.6) is 5.88 Å². The van der Waals surface area contributed by atoms with Crippen molar-refractivity contribution < 1.29 is 19.0 Å². The van der Waals surface area contributed by atoms with Gasteiger partial charge in [-0.05, 0) is 44.1 Å². The molecule has 172 valence electrons. The third-order valence-corrected chi connectivity index (χ3v) is 6.91. The van der Waals surface area contributed by atoms with Gasteiger partial charge in [0.1, 0.15) is 0 Å². The zero-order valence-electron chi connectivity index (χ0n) is 19.4. The van der Waals surface area contributed by atoms with Crippen LogP contribution in [0.1, 0.15) is 57.7 Å². The molecule has 1 N–H and O–H groups in total. The third-order valence-electron chi connectivity index (χ3n) is 6.91. The normalized spacial score (nSPS) is 19.0. The minimum Gasteiger partial charge on any atom is -0.481 e. The Bertz CT molecular complexity index is 1020. The van der Waals surface area contributed by atoms with Crippen molar-refractivity contribution in [3.05, 3.63) is 35.5 Å². The molecule has 2 fully saturated rings. The Kier molecular flexibility index (Phi) is 5.86. The highest BCUT2D eigenvalue weighted by atomic mass is 19.1. The Hall–Kier alpha value is -2.70. The zero-order chi connectivity index (χ0) is 23.1. The van der Waals surface area contributed by atoms with Gasteiger partial charge in [0.2, 0.25) is 5.88 Å². The van der Waals surface area contributed by atoms with E-state index in [1.165, 1.54) is 6.07 Å². The van der Waals surface area contributed by atoms with Crippen LogP contribution in [0, 0.1) is 23.6 Å². The average Bonchev–Trinajstić information content (AvgIpc) is 3.46. The lowest BCUT2D eigenvalue weighted by molar-refractivity contribution is -0.136. The topological polar surface area (TPSA) is 75.6 Å². The van der Waals surface area contributed by atoms with Crippen molar-refractivity contribution in [3.8, 4) is 17.0 Å². The SMILES string of the molecule is Cc1ncc(-c2cnc(OCC3(C)CC3)c(F)c2)c(N2CCC(C)(C)CC2)c1CC(=O)O. The molecule has 0 aromatic carbocycles. The summed E-state index contributed by atoms with van der Waals surface area (Å²) in [5, 5.41) is 9.53. The van der Waals surface area contributed by atoms with Crippen LogP contribution in [0.3, 0.4) is 0 Å². The molecule has 2 aromatic heterocycles. The van der Waals surface area contributed by atoms with Gasteiger partial charge in [-0.2, -0.15) is 0 Å². The van der Waals surface area contributed by atoms with Crippen molar-refractivity contribution in [3.63, 3.8) is 0 Å². The zero-order valence-corrected chi connectivity index (χ0v) is 19.4. The van der Waals surface area contributed by atoms with Crippen molar-refractivity contribution in [2.75, 3.05) is 24.6 Å². The fourth-order valence-corrected chi connectivity index (χ4v) is 4.18. The van der Waals surface area contributed by atoms with Crippen molar-refractivity contribution in [2.45, 2.75) is 59.8 Å². The number of anilines is 1. The molecule has 0 unspecified atom stereocenters. The average molecular weight is 442 g/mol. The van der Waals surface area contributed by atoms with Crippen LogP contribution < -0.4 is 9.64 Å². The van der Waals surface area contributed by atoms with Crippen LogP contribution in [0.25, 0.3) is 11.1 Å². The number of aryl methyl sites for hydroxylation is 1. The van der Waals surface area contributed by atoms with E-state index in [-0.39, 0.29) is 23.1 Å². The molecule has 2 aliphatic rings. The number of halogens is 1. The molecule has 32 heavy (non-hydrogen) atoms. The number of piperidine rings is 1. The number of rotatable bonds is 7. The van der Waals surface area contributed by atoms with Crippen LogP contribution in [-0.2, 0) is 11.2 Å². The first-order valence-electron chi connectivity index (χ1n) is 11.3. The summed E-state index contributed by atoms with van der Waals surface area (Å²) >= 11 is 0. The number of hydrogen-bond donors (Lipinski definition) is 1. The van der Waals surface area contributed by atoms with Crippen LogP contribution in [0.2, 0.25) is 0 Å². The smallest absolute Gasteiger partial charge is 0.307 e. The Morgan fingerprint density at radius 2 is 1.84 bits per heavy atom. The first-order chi connectivity index (χ1) is 15.1. The van der Waals surface area contributed by atoms with E-state index in [0.717, 1.165) is 44.5 Å². The van der Waals surface area contributed by atoms with E-state index in [0.29, 0.717) is 29.0 Å². The molecule has 1 saturated carbocycles. The number of nitrogens with zero attached hydrogens (tertiary/aromatic N) is 3. The van der Waals surface area contributed by atoms with Gasteiger partial charge in [0.15, 0.2) is 5.82 Å². The highest BCUT2D eigenvalue weighted by Gasteiger charge is 2.38. The molecule has 4 rings (SSSR count). The maximum absolute atomic E-state index is 14.9. The van der Waals surface area contributed by atoms with Gasteiger partial charge in [-0.1, -0.05) is 20.8 Å². The minimum atomic E-state index is -0.910. The molecule has 1 aliphatic heterocycles. The molecule has 2 aromatic rings. The Morgan fingerprint density at radius 3 is 2.44 bits per heavy atom. The van der Waals surface area contributed by atoms with Crippen LogP contribution in [-0.4, -0.2) is 40.7 Å². The fourth-order valence-electron chi connectivity index (χ4n) is 4.18. The van der Waals surface area contributed by atoms with E-state index in [9.17, 15) is 14.3 Å². The first-order valence-corrected chi connectivity index (χ1v) is 11.3. The molecular formula is C25H32FN3O3. The molecule has 0 bridgehead atoms. The van der Waals surface area contributed by atoms with Crippen LogP contribution >= 0.6 is 0 Å². The summed E-state index contributed by atoms with van der Waals surface area (Å²) in [6, 6.07) is 1.42. The maximum atomic E-state index is 14.9. The standard InChI is InChI=1S/C25H32FN3O3/c1-16-18(12-21(30)31)22(29-9-7-24(2,3)8-10-29)19(14-27-16)17-11-20(26)23(28-13-17)32-15-25(4)5-6-25/h11,13-14H,5-10,12,15H2,1-4H3,(H,30,31). The van der Waals surface area contributed by atoms with Gasteiger partial charge in [0, 0.05) is 53.3 Å². The predicted octanol–water partition coefficient (Wildman–Crippen LogP) is 5.02. The van der Waals surface area contributed by atoms with E-state index in [4.69, 9.17) is 4.74 Å². The van der Waals surface area contributed by atoms with E-state index in [1.807, 2.05) is 6.92 Å². The molecule has 3 heterocycles. The van der Waals surface area contributed by atoms with Crippen molar-refractivity contribution in [1.29, 1.82) is 0 Å². The van der Waals surface area contributed by atoms with Gasteiger partial charge in [0.25, 0.3) is 0 Å². The van der Waals surface area contributed by atoms with Gasteiger partial charge in [0.05, 0.1) is 18.7 Å². The van der Waals surface area contributed by atoms with E-state index < -0.39 is 11.8 Å². The van der Waals surface area contributed by atoms with Crippen molar-refractivity contribution in [2.24, 2.45) is 10.8 Å². The monoisotopic (exact) mass is 441 g/mol. The van der Waals surface area contributed by atoms with Gasteiger partial charge >= 0.3 is 5.97 Å². The number of hydrogen-bond acceptors (Lipinski definition) is 5. The van der Waals surface area contributed by atoms with Crippen molar-refractivity contribution >= 4 is 11.7 Å². The van der Waals surface area contributed by atoms with E-state index in [2.05, 4.69) is 35.6 Å². The van der Waals surface area contributed by atoms with Gasteiger partial charge in [-0.25, -0.2) is 9.37 Å². The molecule has 0 amide bonds. The highest BCUT2D eigenvalue weighted by molar-refractivity contribution is 5.84. The van der Waals surface area contributed by atoms with Crippen molar-refractivity contribution in [1.82, 2.24) is 9.97 Å². The number of aliphatic carboxylic acids is 1. The maximum Gasteiger partial charge on any atom is 0.307 e. The summed E-state index contributed by atoms with van der Waals surface area (Å²) in [5.74, 6) is -1.42. The summed E-state index contributed by atoms with van der Waals surface area (Å²) in [6.45, 7) is 10.5. The van der Waals surface area contributed by atoms with Gasteiger partial charge in [-0.3, -0.25) is 9.78 Å². The largest absolute Gasteiger partial charge is 0.481 e. The van der Waals surface area contributed by atoms with Gasteiger partial charge in [-0.15, -0.1) is 0 Å². The molecule has 0 spiro atoms. The number of pyridine rings is 2. The molecule has 0 radical (unpaired) electrons. The van der Waals surface area contributed by atoms with Gasteiger partial charge < -0.3 is 14.7 Å². The van der Waals surface area contributed by atoms with Crippen LogP contribution in [0.15, 0.2) is 18.5 Å². The molecule has 0 atom stereocenters. The Balaban J connectivity index is 1.71. The lowest BCUT2D eigenvalue weighted by Crippen LogP contribution is -2.38. The first kappa shape index (κ1) is 22.5. The third kappa shape index (κ3) is 4.87. The Morgan fingerprint density at radius 1 is 1.16 bits per heavy atom. The number of aromatic nitrogens is 2. The molecule has 1 aliphatic carbocycles. The summed E-state index contributed by atoms with van der Waals surface area (Å²) in [5.41, 5.74) is 3.85. The second-order valence-electron chi connectivity index (χ2n) is 10.4. The molecular weight excluding hydrogens is 409 g/mol. The minimum absolute atomic E-state index is 0.00831. The summed E-state index contributed by atoms with van der Waals surface area (Å²) < 4.78 is 20.5. The Labute approximate surface area is 188 Å². The fraction of sp³-hybridized carbons (Fsp3) is 0.560. The second-order valence-corrected chi connectivity index (χ2v) is 10.4. The summed E-state index contributed by atoms with van der Waals surface area (Å²) in [7, 11) is 0. The second kappa shape index (κ2) is 8.34. The van der Waals surface area contributed by atoms with E-state index in [1.54, 1.807) is 12.4 Å². The lowest BCUT2D eigenvalue weighted by atomic mass is 9.82. The molecule has 6 nitrogen and oxygen atoms in total. The molecule has 7 heteroatoms. The number of carboxylic acids is 1. The lowest BCUT2D eigenvalue weighted by Gasteiger charge is -2.40. The summed E-state index contributed by atoms with van der Waals surface area (Å²) in [4.78, 5) is 22.6. The summed E-state index contributed by atoms with van der Waals surface area (Å²) in [6.07, 6.45) is 7.35.